The van der Waals surface area contributed by atoms with E-state index in [1.165, 1.54) is 0 Å². The molecule has 0 radical (unpaired) electrons. The number of halogens is 1. The number of anilines is 1. The Bertz CT molecular complexity index is 473. The molecule has 1 aliphatic rings. The molecule has 0 spiro atoms. The molecule has 1 aromatic carbocycles. The number of piperidine rings is 1. The molecule has 1 aliphatic heterocycles. The predicted octanol–water partition coefficient (Wildman–Crippen LogP) is 3.01. The van der Waals surface area contributed by atoms with Crippen LogP contribution in [0.5, 0.6) is 0 Å². The number of hydrogen-bond acceptors (Lipinski definition) is 3. The minimum absolute atomic E-state index is 0.296. The van der Waals surface area contributed by atoms with Gasteiger partial charge in [-0.3, -0.25) is 0 Å². The molecule has 0 bridgehead atoms. The zero-order valence-electron chi connectivity index (χ0n) is 11.7. The van der Waals surface area contributed by atoms with Crippen LogP contribution in [0.1, 0.15) is 36.5 Å². The van der Waals surface area contributed by atoms with Crippen molar-refractivity contribution in [2.24, 2.45) is 0 Å². The Morgan fingerprint density at radius 3 is 2.75 bits per heavy atom. The molecule has 1 aromatic rings. The fourth-order valence-electron chi connectivity index (χ4n) is 2.79. The van der Waals surface area contributed by atoms with E-state index in [0.29, 0.717) is 16.6 Å². The number of nitrogens with one attached hydrogen (secondary N) is 1. The monoisotopic (exact) mass is 296 g/mol. The first-order chi connectivity index (χ1) is 9.63. The fraction of sp³-hybridized carbons (Fsp3) is 0.533. The van der Waals surface area contributed by atoms with E-state index in [4.69, 9.17) is 11.6 Å². The van der Waals surface area contributed by atoms with Gasteiger partial charge in [0.1, 0.15) is 0 Å². The third kappa shape index (κ3) is 3.44. The molecule has 0 aromatic heterocycles. The van der Waals surface area contributed by atoms with Crippen molar-refractivity contribution in [3.05, 3.63) is 28.8 Å². The van der Waals surface area contributed by atoms with Crippen LogP contribution >= 0.6 is 11.6 Å². The number of nitrogens with zero attached hydrogens (tertiary/aromatic N) is 1. The van der Waals surface area contributed by atoms with Crippen LogP contribution in [0.3, 0.4) is 0 Å². The summed E-state index contributed by atoms with van der Waals surface area (Å²) < 4.78 is 0. The molecule has 1 fully saturated rings. The fourth-order valence-corrected chi connectivity index (χ4v) is 2.96. The molecule has 4 nitrogen and oxygen atoms in total. The van der Waals surface area contributed by atoms with Crippen LogP contribution in [0.4, 0.5) is 5.69 Å². The van der Waals surface area contributed by atoms with Crippen LogP contribution < -0.4 is 10.2 Å². The molecule has 0 atom stereocenters. The highest BCUT2D eigenvalue weighted by atomic mass is 35.5. The molecule has 0 amide bonds. The number of carboxylic acid groups (broad SMARTS) is 1. The van der Waals surface area contributed by atoms with Gasteiger partial charge in [-0.1, -0.05) is 18.5 Å². The van der Waals surface area contributed by atoms with E-state index in [0.717, 1.165) is 44.6 Å². The Morgan fingerprint density at radius 1 is 1.45 bits per heavy atom. The van der Waals surface area contributed by atoms with Crippen molar-refractivity contribution in [1.82, 2.24) is 5.32 Å². The summed E-state index contributed by atoms with van der Waals surface area (Å²) in [6.45, 7) is 4.96. The first kappa shape index (κ1) is 15.1. The van der Waals surface area contributed by atoms with Gasteiger partial charge in [0.15, 0.2) is 0 Å². The van der Waals surface area contributed by atoms with E-state index in [9.17, 15) is 9.90 Å². The van der Waals surface area contributed by atoms with Crippen molar-refractivity contribution in [3.8, 4) is 0 Å². The van der Waals surface area contributed by atoms with Crippen molar-refractivity contribution in [1.29, 1.82) is 0 Å². The summed E-state index contributed by atoms with van der Waals surface area (Å²) in [5, 5.41) is 13.2. The zero-order valence-corrected chi connectivity index (χ0v) is 12.5. The number of benzene rings is 1. The minimum atomic E-state index is -0.919. The highest BCUT2D eigenvalue weighted by Crippen LogP contribution is 2.28. The number of rotatable bonds is 5. The molecule has 20 heavy (non-hydrogen) atoms. The topological polar surface area (TPSA) is 52.6 Å². The lowest BCUT2D eigenvalue weighted by Gasteiger charge is -2.37. The highest BCUT2D eigenvalue weighted by Gasteiger charge is 2.24. The van der Waals surface area contributed by atoms with E-state index >= 15 is 0 Å². The second-order valence-electron chi connectivity index (χ2n) is 5.14. The third-order valence-electron chi connectivity index (χ3n) is 3.71. The van der Waals surface area contributed by atoms with E-state index in [-0.39, 0.29) is 0 Å². The van der Waals surface area contributed by atoms with Crippen molar-refractivity contribution < 1.29 is 9.90 Å². The Balaban J connectivity index is 2.35. The molecule has 0 saturated carbocycles. The Labute approximate surface area is 124 Å². The number of hydrogen-bond donors (Lipinski definition) is 2. The van der Waals surface area contributed by atoms with Crippen LogP contribution in [0.15, 0.2) is 18.2 Å². The Kier molecular flexibility index (Phi) is 5.26. The van der Waals surface area contributed by atoms with Gasteiger partial charge in [-0.05, 0) is 50.6 Å². The van der Waals surface area contributed by atoms with Gasteiger partial charge in [-0.15, -0.1) is 0 Å². The van der Waals surface area contributed by atoms with Gasteiger partial charge >= 0.3 is 5.97 Å². The molecule has 110 valence electrons. The summed E-state index contributed by atoms with van der Waals surface area (Å²) in [6.07, 6.45) is 3.08. The van der Waals surface area contributed by atoms with Gasteiger partial charge < -0.3 is 15.3 Å². The summed E-state index contributed by atoms with van der Waals surface area (Å²) in [7, 11) is 0. The van der Waals surface area contributed by atoms with Crippen LogP contribution in [-0.4, -0.2) is 36.8 Å². The smallest absolute Gasteiger partial charge is 0.337 e. The van der Waals surface area contributed by atoms with Gasteiger partial charge in [0.2, 0.25) is 0 Å². The van der Waals surface area contributed by atoms with E-state index < -0.39 is 5.97 Å². The van der Waals surface area contributed by atoms with Gasteiger partial charge in [-0.25, -0.2) is 4.79 Å². The summed E-state index contributed by atoms with van der Waals surface area (Å²) in [6, 6.07) is 5.55. The summed E-state index contributed by atoms with van der Waals surface area (Å²) in [4.78, 5) is 13.7. The largest absolute Gasteiger partial charge is 0.478 e. The van der Waals surface area contributed by atoms with Crippen LogP contribution in [0.2, 0.25) is 5.02 Å². The van der Waals surface area contributed by atoms with Crippen LogP contribution in [-0.2, 0) is 0 Å². The molecule has 1 heterocycles. The van der Waals surface area contributed by atoms with Gasteiger partial charge in [-0.2, -0.15) is 0 Å². The zero-order chi connectivity index (χ0) is 14.5. The molecule has 2 N–H and O–H groups in total. The lowest BCUT2D eigenvalue weighted by Crippen LogP contribution is -2.44. The standard InChI is InChI=1S/C15H21ClN2O2/c1-2-9-18(12-5-7-17-8-6-12)14-4-3-11(16)10-13(14)15(19)20/h3-4,10,12,17H,2,5-9H2,1H3,(H,19,20). The quantitative estimate of drug-likeness (QED) is 0.877. The molecule has 5 heteroatoms. The van der Waals surface area contributed by atoms with Gasteiger partial charge in [0, 0.05) is 17.6 Å². The predicted molar refractivity (Wildman–Crippen MR) is 81.9 cm³/mol. The number of carbonyl (C=O) groups is 1. The highest BCUT2D eigenvalue weighted by molar-refractivity contribution is 6.31. The lowest BCUT2D eigenvalue weighted by molar-refractivity contribution is 0.0697. The van der Waals surface area contributed by atoms with Crippen molar-refractivity contribution >= 4 is 23.3 Å². The average Bonchev–Trinajstić information content (AvgIpc) is 2.46. The Morgan fingerprint density at radius 2 is 2.15 bits per heavy atom. The molecular formula is C15H21ClN2O2. The lowest BCUT2D eigenvalue weighted by atomic mass is 10.0. The molecule has 2 rings (SSSR count). The maximum Gasteiger partial charge on any atom is 0.337 e. The first-order valence-electron chi connectivity index (χ1n) is 7.13. The average molecular weight is 297 g/mol. The SMILES string of the molecule is CCCN(c1ccc(Cl)cc1C(=O)O)C1CCNCC1. The maximum atomic E-state index is 11.5. The molecular weight excluding hydrogens is 276 g/mol. The summed E-state index contributed by atoms with van der Waals surface area (Å²) >= 11 is 5.94. The summed E-state index contributed by atoms with van der Waals surface area (Å²) in [5.41, 5.74) is 1.08. The molecule has 0 aliphatic carbocycles. The minimum Gasteiger partial charge on any atom is -0.478 e. The second-order valence-corrected chi connectivity index (χ2v) is 5.58. The Hall–Kier alpha value is -1.26. The summed E-state index contributed by atoms with van der Waals surface area (Å²) in [5.74, 6) is -0.919. The third-order valence-corrected chi connectivity index (χ3v) is 3.95. The van der Waals surface area contributed by atoms with Crippen LogP contribution in [0.25, 0.3) is 0 Å². The normalized spacial score (nSPS) is 16.1. The number of carboxylic acids is 1. The van der Waals surface area contributed by atoms with Gasteiger partial charge in [0.05, 0.1) is 11.3 Å². The number of aromatic carboxylic acids is 1. The van der Waals surface area contributed by atoms with Crippen molar-refractivity contribution in [3.63, 3.8) is 0 Å². The first-order valence-corrected chi connectivity index (χ1v) is 7.51. The van der Waals surface area contributed by atoms with Crippen molar-refractivity contribution in [2.45, 2.75) is 32.2 Å². The van der Waals surface area contributed by atoms with E-state index in [1.54, 1.807) is 12.1 Å². The molecule has 1 saturated heterocycles. The van der Waals surface area contributed by atoms with Crippen molar-refractivity contribution in [2.75, 3.05) is 24.5 Å². The molecule has 0 unspecified atom stereocenters. The van der Waals surface area contributed by atoms with Gasteiger partial charge in [0.25, 0.3) is 0 Å². The second kappa shape index (κ2) is 6.95. The van der Waals surface area contributed by atoms with E-state index in [2.05, 4.69) is 17.1 Å². The maximum absolute atomic E-state index is 11.5. The van der Waals surface area contributed by atoms with Crippen LogP contribution in [0, 0.1) is 0 Å². The van der Waals surface area contributed by atoms with E-state index in [1.807, 2.05) is 6.07 Å².